The van der Waals surface area contributed by atoms with Crippen molar-refractivity contribution in [3.8, 4) is 0 Å². The lowest BCUT2D eigenvalue weighted by atomic mass is 10.0. The van der Waals surface area contributed by atoms with Gasteiger partial charge in [-0.2, -0.15) is 0 Å². The number of nitrogens with zero attached hydrogens (tertiary/aromatic N) is 2. The van der Waals surface area contributed by atoms with Crippen LogP contribution in [-0.2, 0) is 29.1 Å². The molecular formula is C20H19N5O4S. The first-order chi connectivity index (χ1) is 14.5. The van der Waals surface area contributed by atoms with Crippen LogP contribution in [0.15, 0.2) is 18.2 Å². The van der Waals surface area contributed by atoms with Gasteiger partial charge in [-0.25, -0.2) is 4.98 Å². The van der Waals surface area contributed by atoms with Crippen LogP contribution in [0, 0.1) is 0 Å². The Morgan fingerprint density at radius 3 is 2.83 bits per heavy atom. The molecule has 1 aromatic carbocycles. The smallest absolute Gasteiger partial charge is 0.262 e. The van der Waals surface area contributed by atoms with Gasteiger partial charge in [0.2, 0.25) is 11.8 Å². The van der Waals surface area contributed by atoms with Gasteiger partial charge in [0.15, 0.2) is 5.13 Å². The van der Waals surface area contributed by atoms with Crippen molar-refractivity contribution in [1.82, 2.24) is 20.5 Å². The highest BCUT2D eigenvalue weighted by atomic mass is 32.1. The van der Waals surface area contributed by atoms with E-state index in [4.69, 9.17) is 0 Å². The lowest BCUT2D eigenvalue weighted by Crippen LogP contribution is -2.54. The Morgan fingerprint density at radius 2 is 2.03 bits per heavy atom. The van der Waals surface area contributed by atoms with Crippen molar-refractivity contribution in [3.05, 3.63) is 45.5 Å². The summed E-state index contributed by atoms with van der Waals surface area (Å²) >= 11 is 1.60. The first kappa shape index (κ1) is 18.9. The zero-order chi connectivity index (χ0) is 20.8. The molecule has 0 radical (unpaired) electrons. The molecule has 0 spiro atoms. The molecule has 1 fully saturated rings. The van der Waals surface area contributed by atoms with E-state index in [0.29, 0.717) is 17.7 Å². The van der Waals surface area contributed by atoms with Crippen molar-refractivity contribution in [1.29, 1.82) is 0 Å². The zero-order valence-electron chi connectivity index (χ0n) is 16.0. The van der Waals surface area contributed by atoms with E-state index in [9.17, 15) is 19.2 Å². The van der Waals surface area contributed by atoms with Crippen molar-refractivity contribution >= 4 is 40.1 Å². The van der Waals surface area contributed by atoms with Gasteiger partial charge < -0.3 is 10.6 Å². The highest BCUT2D eigenvalue weighted by molar-refractivity contribution is 7.15. The van der Waals surface area contributed by atoms with Crippen molar-refractivity contribution in [2.75, 3.05) is 11.9 Å². The summed E-state index contributed by atoms with van der Waals surface area (Å²) in [6.45, 7) is 2.03. The van der Waals surface area contributed by atoms with Crippen LogP contribution in [0.4, 0.5) is 5.13 Å². The number of amides is 4. The number of piperidine rings is 1. The van der Waals surface area contributed by atoms with Gasteiger partial charge in [-0.1, -0.05) is 12.1 Å². The molecule has 4 amide bonds. The highest BCUT2D eigenvalue weighted by Gasteiger charge is 2.45. The van der Waals surface area contributed by atoms with E-state index in [1.807, 2.05) is 0 Å². The molecule has 5 rings (SSSR count). The molecule has 1 aromatic heterocycles. The molecule has 3 N–H and O–H groups in total. The maximum Gasteiger partial charge on any atom is 0.262 e. The van der Waals surface area contributed by atoms with Gasteiger partial charge in [0.25, 0.3) is 11.8 Å². The Bertz CT molecular complexity index is 1070. The fourth-order valence-electron chi connectivity index (χ4n) is 4.10. The number of benzene rings is 1. The summed E-state index contributed by atoms with van der Waals surface area (Å²) in [5, 5.41) is 9.54. The second kappa shape index (κ2) is 7.29. The van der Waals surface area contributed by atoms with Crippen LogP contribution in [0.5, 0.6) is 0 Å². The molecule has 1 atom stereocenters. The number of carbonyl (C=O) groups excluding carboxylic acids is 4. The van der Waals surface area contributed by atoms with Gasteiger partial charge in [0, 0.05) is 30.9 Å². The first-order valence-electron chi connectivity index (χ1n) is 9.79. The van der Waals surface area contributed by atoms with E-state index in [0.717, 1.165) is 35.2 Å². The van der Waals surface area contributed by atoms with E-state index >= 15 is 0 Å². The molecule has 1 saturated heterocycles. The third-order valence-electron chi connectivity index (χ3n) is 5.58. The molecule has 154 valence electrons. The van der Waals surface area contributed by atoms with Gasteiger partial charge in [-0.05, 0) is 24.5 Å². The normalized spacial score (nSPS) is 20.8. The van der Waals surface area contributed by atoms with Gasteiger partial charge >= 0.3 is 0 Å². The van der Waals surface area contributed by atoms with Crippen molar-refractivity contribution < 1.29 is 19.2 Å². The summed E-state index contributed by atoms with van der Waals surface area (Å²) in [6.07, 6.45) is 1.19. The van der Waals surface area contributed by atoms with Crippen molar-refractivity contribution in [3.63, 3.8) is 0 Å². The highest BCUT2D eigenvalue weighted by Crippen LogP contribution is 2.31. The number of nitrogens with one attached hydrogen (secondary N) is 3. The number of anilines is 1. The fourth-order valence-corrected chi connectivity index (χ4v) is 5.08. The fraction of sp³-hybridized carbons (Fsp3) is 0.350. The SMILES string of the molecule is O=C1CCC(N2C(=O)c3cccc(CNc4nc5c(s4)CCNC5)c3C2=O)C(=O)N1. The summed E-state index contributed by atoms with van der Waals surface area (Å²) in [5.41, 5.74) is 2.31. The second-order valence-corrected chi connectivity index (χ2v) is 8.54. The summed E-state index contributed by atoms with van der Waals surface area (Å²) in [7, 11) is 0. The van der Waals surface area contributed by atoms with E-state index in [1.54, 1.807) is 29.5 Å². The van der Waals surface area contributed by atoms with Crippen LogP contribution >= 0.6 is 11.3 Å². The first-order valence-corrected chi connectivity index (χ1v) is 10.6. The van der Waals surface area contributed by atoms with E-state index in [-0.39, 0.29) is 24.3 Å². The van der Waals surface area contributed by atoms with Crippen molar-refractivity contribution in [2.45, 2.75) is 38.4 Å². The standard InChI is InChI=1S/C20H19N5O4S/c26-15-5-4-13(17(27)24-15)25-18(28)11-3-1-2-10(16(11)19(25)29)8-22-20-23-12-9-21-7-6-14(12)30-20/h1-3,13,21H,4-9H2,(H,22,23)(H,24,26,27). The molecule has 9 nitrogen and oxygen atoms in total. The van der Waals surface area contributed by atoms with Crippen LogP contribution in [0.25, 0.3) is 0 Å². The monoisotopic (exact) mass is 425 g/mol. The van der Waals surface area contributed by atoms with Gasteiger partial charge in [-0.15, -0.1) is 11.3 Å². The number of imide groups is 2. The quantitative estimate of drug-likeness (QED) is 0.620. The van der Waals surface area contributed by atoms with Crippen LogP contribution in [0.2, 0.25) is 0 Å². The molecule has 10 heteroatoms. The molecule has 0 saturated carbocycles. The molecule has 3 aliphatic heterocycles. The molecular weight excluding hydrogens is 406 g/mol. The number of hydrogen-bond acceptors (Lipinski definition) is 8. The minimum Gasteiger partial charge on any atom is -0.357 e. The second-order valence-electron chi connectivity index (χ2n) is 7.46. The maximum atomic E-state index is 13.1. The van der Waals surface area contributed by atoms with E-state index < -0.39 is 23.8 Å². The lowest BCUT2D eigenvalue weighted by Gasteiger charge is -2.27. The number of fused-ring (bicyclic) bond motifs is 2. The van der Waals surface area contributed by atoms with Crippen LogP contribution in [0.3, 0.4) is 0 Å². The predicted molar refractivity (Wildman–Crippen MR) is 108 cm³/mol. The number of hydrogen-bond donors (Lipinski definition) is 3. The van der Waals surface area contributed by atoms with E-state index in [2.05, 4.69) is 20.9 Å². The Kier molecular flexibility index (Phi) is 4.59. The molecule has 1 unspecified atom stereocenters. The number of aromatic nitrogens is 1. The Hall–Kier alpha value is -3.11. The van der Waals surface area contributed by atoms with Crippen molar-refractivity contribution in [2.24, 2.45) is 0 Å². The summed E-state index contributed by atoms with van der Waals surface area (Å²) < 4.78 is 0. The number of thiazole rings is 1. The van der Waals surface area contributed by atoms with Gasteiger partial charge in [0.1, 0.15) is 6.04 Å². The topological polar surface area (TPSA) is 120 Å². The largest absolute Gasteiger partial charge is 0.357 e. The third kappa shape index (κ3) is 3.08. The average molecular weight is 425 g/mol. The van der Waals surface area contributed by atoms with E-state index in [1.165, 1.54) is 4.88 Å². The molecule has 4 heterocycles. The molecule has 0 bridgehead atoms. The molecule has 30 heavy (non-hydrogen) atoms. The summed E-state index contributed by atoms with van der Waals surface area (Å²) in [5.74, 6) is -1.99. The molecule has 0 aliphatic carbocycles. The Morgan fingerprint density at radius 1 is 1.17 bits per heavy atom. The maximum absolute atomic E-state index is 13.1. The molecule has 2 aromatic rings. The van der Waals surface area contributed by atoms with Crippen LogP contribution in [-0.4, -0.2) is 46.1 Å². The van der Waals surface area contributed by atoms with Gasteiger partial charge in [0.05, 0.1) is 16.8 Å². The summed E-state index contributed by atoms with van der Waals surface area (Å²) in [6, 6.07) is 4.15. The zero-order valence-corrected chi connectivity index (χ0v) is 16.8. The minimum absolute atomic E-state index is 0.0990. The minimum atomic E-state index is -0.964. The molecule has 3 aliphatic rings. The lowest BCUT2D eigenvalue weighted by molar-refractivity contribution is -0.136. The average Bonchev–Trinajstić information content (AvgIpc) is 3.26. The Labute approximate surface area is 175 Å². The van der Waals surface area contributed by atoms with Crippen LogP contribution in [0.1, 0.15) is 49.7 Å². The Balaban J connectivity index is 1.38. The third-order valence-corrected chi connectivity index (χ3v) is 6.70. The number of rotatable bonds is 4. The summed E-state index contributed by atoms with van der Waals surface area (Å²) in [4.78, 5) is 56.5. The predicted octanol–water partition coefficient (Wildman–Crippen LogP) is 0.802. The number of carbonyl (C=O) groups is 4. The van der Waals surface area contributed by atoms with Crippen LogP contribution < -0.4 is 16.0 Å². The van der Waals surface area contributed by atoms with Gasteiger partial charge in [-0.3, -0.25) is 29.4 Å².